The smallest absolute Gasteiger partial charge is 0.0856 e. The van der Waals surface area contributed by atoms with Crippen molar-refractivity contribution in [2.24, 2.45) is 0 Å². The lowest BCUT2D eigenvalue weighted by molar-refractivity contribution is 0.532. The van der Waals surface area contributed by atoms with Crippen LogP contribution in [0.1, 0.15) is 42.4 Å². The first-order valence-corrected chi connectivity index (χ1v) is 8.34. The molecule has 1 unspecified atom stereocenters. The second kappa shape index (κ2) is 6.68. The molecular weight excluding hydrogens is 322 g/mol. The van der Waals surface area contributed by atoms with Crippen LogP contribution >= 0.6 is 27.3 Å². The number of hydrogen-bond acceptors (Lipinski definition) is 3. The van der Waals surface area contributed by atoms with Gasteiger partial charge >= 0.3 is 0 Å². The molecule has 0 bridgehead atoms. The first kappa shape index (κ1) is 14.8. The van der Waals surface area contributed by atoms with Crippen LogP contribution < -0.4 is 5.32 Å². The molecule has 2 heterocycles. The quantitative estimate of drug-likeness (QED) is 0.856. The van der Waals surface area contributed by atoms with Gasteiger partial charge in [0, 0.05) is 11.4 Å². The van der Waals surface area contributed by atoms with Crippen molar-refractivity contribution in [1.82, 2.24) is 15.1 Å². The zero-order valence-corrected chi connectivity index (χ0v) is 14.0. The van der Waals surface area contributed by atoms with Gasteiger partial charge in [-0.1, -0.05) is 6.92 Å². The number of rotatable bonds is 6. The topological polar surface area (TPSA) is 29.9 Å². The minimum atomic E-state index is 0.219. The summed E-state index contributed by atoms with van der Waals surface area (Å²) in [5.74, 6) is 0. The van der Waals surface area contributed by atoms with Gasteiger partial charge in [0.25, 0.3) is 0 Å². The molecule has 0 aromatic carbocycles. The average molecular weight is 342 g/mol. The molecule has 1 atom stereocenters. The minimum Gasteiger partial charge on any atom is -0.304 e. The van der Waals surface area contributed by atoms with E-state index in [2.05, 4.69) is 63.2 Å². The van der Waals surface area contributed by atoms with E-state index in [1.807, 2.05) is 17.5 Å². The van der Waals surface area contributed by atoms with Gasteiger partial charge in [-0.3, -0.25) is 4.68 Å². The molecule has 3 nitrogen and oxygen atoms in total. The van der Waals surface area contributed by atoms with Crippen LogP contribution in [0.15, 0.2) is 22.1 Å². The molecule has 0 aliphatic carbocycles. The highest BCUT2D eigenvalue weighted by Gasteiger charge is 2.23. The highest BCUT2D eigenvalue weighted by atomic mass is 79.9. The van der Waals surface area contributed by atoms with Crippen molar-refractivity contribution < 1.29 is 0 Å². The second-order valence-electron chi connectivity index (χ2n) is 4.55. The monoisotopic (exact) mass is 341 g/mol. The van der Waals surface area contributed by atoms with Gasteiger partial charge in [0.05, 0.1) is 22.4 Å². The van der Waals surface area contributed by atoms with Crippen molar-refractivity contribution in [2.75, 3.05) is 6.54 Å². The Hall–Kier alpha value is -0.650. The van der Waals surface area contributed by atoms with Crippen LogP contribution in [-0.2, 0) is 6.54 Å². The molecule has 5 heteroatoms. The fourth-order valence-electron chi connectivity index (χ4n) is 2.19. The maximum atomic E-state index is 4.44. The van der Waals surface area contributed by atoms with E-state index >= 15 is 0 Å². The van der Waals surface area contributed by atoms with Crippen molar-refractivity contribution in [2.45, 2.75) is 39.8 Å². The van der Waals surface area contributed by atoms with Crippen LogP contribution in [-0.4, -0.2) is 16.3 Å². The fraction of sp³-hybridized carbons (Fsp3) is 0.500. The molecule has 19 heavy (non-hydrogen) atoms. The van der Waals surface area contributed by atoms with Gasteiger partial charge in [-0.2, -0.15) is 5.10 Å². The molecule has 1 N–H and O–H groups in total. The molecule has 0 aliphatic heterocycles. The molecule has 2 rings (SSSR count). The van der Waals surface area contributed by atoms with E-state index in [4.69, 9.17) is 0 Å². The van der Waals surface area contributed by atoms with E-state index < -0.39 is 0 Å². The Labute approximate surface area is 127 Å². The Morgan fingerprint density at radius 3 is 2.84 bits per heavy atom. The summed E-state index contributed by atoms with van der Waals surface area (Å²) in [4.78, 5) is 1.38. The van der Waals surface area contributed by atoms with Crippen LogP contribution in [0, 0.1) is 6.92 Å². The number of nitrogens with one attached hydrogen (secondary N) is 1. The number of aryl methyl sites for hydroxylation is 2. The van der Waals surface area contributed by atoms with Crippen molar-refractivity contribution >= 4 is 27.3 Å². The Bertz CT molecular complexity index is 533. The average Bonchev–Trinajstić information content (AvgIpc) is 2.98. The van der Waals surface area contributed by atoms with Crippen LogP contribution in [0.3, 0.4) is 0 Å². The lowest BCUT2D eigenvalue weighted by Crippen LogP contribution is -2.26. The molecule has 2 aromatic heterocycles. The second-order valence-corrected chi connectivity index (χ2v) is 6.35. The molecule has 2 aromatic rings. The summed E-state index contributed by atoms with van der Waals surface area (Å²) in [5.41, 5.74) is 2.57. The summed E-state index contributed by atoms with van der Waals surface area (Å²) in [7, 11) is 0. The molecule has 0 saturated carbocycles. The van der Waals surface area contributed by atoms with E-state index in [1.54, 1.807) is 0 Å². The summed E-state index contributed by atoms with van der Waals surface area (Å²) in [6.45, 7) is 8.38. The molecule has 0 amide bonds. The normalized spacial score (nSPS) is 12.8. The zero-order valence-electron chi connectivity index (χ0n) is 11.6. The number of nitrogens with zero attached hydrogens (tertiary/aromatic N) is 2. The summed E-state index contributed by atoms with van der Waals surface area (Å²) >= 11 is 5.45. The van der Waals surface area contributed by atoms with Gasteiger partial charge in [0.1, 0.15) is 0 Å². The van der Waals surface area contributed by atoms with Gasteiger partial charge in [0.15, 0.2) is 0 Å². The maximum Gasteiger partial charge on any atom is 0.0856 e. The third-order valence-corrected chi connectivity index (χ3v) is 4.86. The summed E-state index contributed by atoms with van der Waals surface area (Å²) in [5, 5.41) is 10.2. The highest BCUT2D eigenvalue weighted by Crippen LogP contribution is 2.33. The maximum absolute atomic E-state index is 4.44. The van der Waals surface area contributed by atoms with Crippen molar-refractivity contribution in [3.8, 4) is 0 Å². The number of hydrogen-bond donors (Lipinski definition) is 1. The van der Waals surface area contributed by atoms with Crippen molar-refractivity contribution in [1.29, 1.82) is 0 Å². The van der Waals surface area contributed by atoms with Crippen molar-refractivity contribution in [3.63, 3.8) is 0 Å². The standard InChI is InChI=1S/C14H20BrN3S/c1-4-7-16-12(14-10(3)6-8-19-14)13-11(15)9-17-18(13)5-2/h6,8-9,12,16H,4-5,7H2,1-3H3. The van der Waals surface area contributed by atoms with Crippen LogP contribution in [0.5, 0.6) is 0 Å². The predicted molar refractivity (Wildman–Crippen MR) is 84.8 cm³/mol. The highest BCUT2D eigenvalue weighted by molar-refractivity contribution is 9.10. The zero-order chi connectivity index (χ0) is 13.8. The van der Waals surface area contributed by atoms with Crippen LogP contribution in [0.4, 0.5) is 0 Å². The third kappa shape index (κ3) is 3.09. The van der Waals surface area contributed by atoms with Crippen LogP contribution in [0.25, 0.3) is 0 Å². The Kier molecular flexibility index (Phi) is 5.19. The number of thiophene rings is 1. The molecule has 0 saturated heterocycles. The summed E-state index contributed by atoms with van der Waals surface area (Å²) in [6, 6.07) is 2.40. The van der Waals surface area contributed by atoms with Gasteiger partial charge in [-0.25, -0.2) is 0 Å². The summed E-state index contributed by atoms with van der Waals surface area (Å²) in [6.07, 6.45) is 3.02. The molecule has 104 valence electrons. The van der Waals surface area contributed by atoms with Crippen LogP contribution in [0.2, 0.25) is 0 Å². The van der Waals surface area contributed by atoms with Gasteiger partial charge in [-0.05, 0) is 59.8 Å². The molecular formula is C14H20BrN3S. The number of aromatic nitrogens is 2. The lowest BCUT2D eigenvalue weighted by Gasteiger charge is -2.20. The summed E-state index contributed by atoms with van der Waals surface area (Å²) < 4.78 is 3.15. The van der Waals surface area contributed by atoms with E-state index in [1.165, 1.54) is 16.1 Å². The van der Waals surface area contributed by atoms with E-state index in [0.717, 1.165) is 24.0 Å². The van der Waals surface area contributed by atoms with E-state index in [-0.39, 0.29) is 6.04 Å². The van der Waals surface area contributed by atoms with Gasteiger partial charge in [0.2, 0.25) is 0 Å². The minimum absolute atomic E-state index is 0.219. The van der Waals surface area contributed by atoms with Gasteiger partial charge < -0.3 is 5.32 Å². The third-order valence-electron chi connectivity index (χ3n) is 3.17. The fourth-order valence-corrected chi connectivity index (χ4v) is 3.72. The van der Waals surface area contributed by atoms with E-state index in [0.29, 0.717) is 0 Å². The Balaban J connectivity index is 2.42. The number of halogens is 1. The SMILES string of the molecule is CCCNC(c1sccc1C)c1c(Br)cnn1CC. The Morgan fingerprint density at radius 1 is 1.47 bits per heavy atom. The lowest BCUT2D eigenvalue weighted by atomic mass is 10.1. The largest absolute Gasteiger partial charge is 0.304 e. The van der Waals surface area contributed by atoms with Crippen molar-refractivity contribution in [3.05, 3.63) is 38.3 Å². The first-order valence-electron chi connectivity index (χ1n) is 6.67. The molecule has 0 radical (unpaired) electrons. The van der Waals surface area contributed by atoms with Gasteiger partial charge in [-0.15, -0.1) is 11.3 Å². The predicted octanol–water partition coefficient (Wildman–Crippen LogP) is 4.12. The first-order chi connectivity index (χ1) is 9.19. The molecule has 0 spiro atoms. The molecule has 0 fully saturated rings. The van der Waals surface area contributed by atoms with E-state index in [9.17, 15) is 0 Å². The Morgan fingerprint density at radius 2 is 2.26 bits per heavy atom. The molecule has 0 aliphatic rings.